The number of anilines is 1. The predicted octanol–water partition coefficient (Wildman–Crippen LogP) is 2.67. The highest BCUT2D eigenvalue weighted by Crippen LogP contribution is 2.27. The van der Waals surface area contributed by atoms with Gasteiger partial charge < -0.3 is 10.2 Å². The van der Waals surface area contributed by atoms with Crippen LogP contribution >= 0.6 is 0 Å². The summed E-state index contributed by atoms with van der Waals surface area (Å²) in [6.45, 7) is 7.03. The highest BCUT2D eigenvalue weighted by atomic mass is 16.2. The van der Waals surface area contributed by atoms with Gasteiger partial charge in [0.25, 0.3) is 0 Å². The summed E-state index contributed by atoms with van der Waals surface area (Å²) in [5.74, 6) is 0.812. The zero-order chi connectivity index (χ0) is 19.4. The predicted molar refractivity (Wildman–Crippen MR) is 103 cm³/mol. The Hall–Kier alpha value is -2.70. The van der Waals surface area contributed by atoms with Crippen molar-refractivity contribution in [2.75, 3.05) is 18.4 Å². The molecular formula is C20H27N5O2. The lowest BCUT2D eigenvalue weighted by atomic mass is 9.96. The van der Waals surface area contributed by atoms with Crippen LogP contribution in [0.15, 0.2) is 36.8 Å². The fraction of sp³-hybridized carbons (Fsp3) is 0.500. The van der Waals surface area contributed by atoms with Crippen LogP contribution in [0.4, 0.5) is 5.82 Å². The Morgan fingerprint density at radius 1 is 1.19 bits per heavy atom. The zero-order valence-corrected chi connectivity index (χ0v) is 16.2. The molecule has 7 nitrogen and oxygen atoms in total. The molecule has 0 bridgehead atoms. The Morgan fingerprint density at radius 3 is 2.56 bits per heavy atom. The molecule has 0 aliphatic carbocycles. The minimum absolute atomic E-state index is 0.0339. The molecule has 0 spiro atoms. The van der Waals surface area contributed by atoms with Crippen LogP contribution in [0.1, 0.15) is 45.2 Å². The molecular weight excluding hydrogens is 342 g/mol. The third-order valence-electron chi connectivity index (χ3n) is 4.83. The first-order valence-corrected chi connectivity index (χ1v) is 9.36. The van der Waals surface area contributed by atoms with Crippen LogP contribution in [-0.2, 0) is 16.0 Å². The molecule has 7 heteroatoms. The molecule has 1 N–H and O–H groups in total. The second-order valence-electron chi connectivity index (χ2n) is 8.02. The van der Waals surface area contributed by atoms with Crippen molar-refractivity contribution in [3.05, 3.63) is 42.4 Å². The summed E-state index contributed by atoms with van der Waals surface area (Å²) in [5, 5.41) is 7.37. The van der Waals surface area contributed by atoms with Crippen molar-refractivity contribution >= 4 is 17.6 Å². The largest absolute Gasteiger partial charge is 0.342 e. The number of likely N-dealkylation sites (tertiary alicyclic amines) is 1. The molecule has 1 aliphatic heterocycles. The number of piperidine rings is 1. The SMILES string of the molecule is CC(C)(C)C(=O)Nc1ccnn1C1CCN(C(=O)Cc2cccnc2)CC1. The fourth-order valence-corrected chi connectivity index (χ4v) is 3.16. The van der Waals surface area contributed by atoms with Crippen LogP contribution in [0.5, 0.6) is 0 Å². The van der Waals surface area contributed by atoms with Gasteiger partial charge in [0.1, 0.15) is 5.82 Å². The van der Waals surface area contributed by atoms with Crippen LogP contribution in [0.25, 0.3) is 0 Å². The van der Waals surface area contributed by atoms with Crippen molar-refractivity contribution in [3.8, 4) is 0 Å². The third-order valence-corrected chi connectivity index (χ3v) is 4.83. The summed E-state index contributed by atoms with van der Waals surface area (Å²) >= 11 is 0. The lowest BCUT2D eigenvalue weighted by Crippen LogP contribution is -2.40. The Bertz CT molecular complexity index is 786. The van der Waals surface area contributed by atoms with E-state index in [0.29, 0.717) is 19.5 Å². The average molecular weight is 369 g/mol. The Kier molecular flexibility index (Phi) is 5.58. The lowest BCUT2D eigenvalue weighted by Gasteiger charge is -2.33. The van der Waals surface area contributed by atoms with Gasteiger partial charge in [0, 0.05) is 37.0 Å². The average Bonchev–Trinajstić information content (AvgIpc) is 3.10. The maximum absolute atomic E-state index is 12.5. The van der Waals surface area contributed by atoms with E-state index in [1.807, 2.05) is 48.6 Å². The summed E-state index contributed by atoms with van der Waals surface area (Å²) in [5.41, 5.74) is 0.473. The van der Waals surface area contributed by atoms with Gasteiger partial charge in [-0.3, -0.25) is 14.6 Å². The molecule has 2 amide bonds. The normalized spacial score (nSPS) is 15.6. The van der Waals surface area contributed by atoms with Crippen molar-refractivity contribution in [1.29, 1.82) is 0 Å². The van der Waals surface area contributed by atoms with Crippen LogP contribution in [0, 0.1) is 5.41 Å². The molecule has 2 aromatic heterocycles. The van der Waals surface area contributed by atoms with Gasteiger partial charge in [0.15, 0.2) is 0 Å². The fourth-order valence-electron chi connectivity index (χ4n) is 3.16. The third kappa shape index (κ3) is 4.72. The van der Waals surface area contributed by atoms with E-state index in [0.717, 1.165) is 24.2 Å². The number of hydrogen-bond donors (Lipinski definition) is 1. The number of amides is 2. The first-order chi connectivity index (χ1) is 12.8. The lowest BCUT2D eigenvalue weighted by molar-refractivity contribution is -0.131. The number of pyridine rings is 1. The van der Waals surface area contributed by atoms with E-state index in [1.165, 1.54) is 0 Å². The van der Waals surface area contributed by atoms with Gasteiger partial charge in [-0.2, -0.15) is 5.10 Å². The van der Waals surface area contributed by atoms with Crippen LogP contribution in [0.3, 0.4) is 0 Å². The molecule has 0 atom stereocenters. The molecule has 0 radical (unpaired) electrons. The van der Waals surface area contributed by atoms with E-state index in [4.69, 9.17) is 0 Å². The van der Waals surface area contributed by atoms with E-state index in [9.17, 15) is 9.59 Å². The number of nitrogens with one attached hydrogen (secondary N) is 1. The molecule has 3 rings (SSSR count). The Morgan fingerprint density at radius 2 is 1.93 bits per heavy atom. The topological polar surface area (TPSA) is 80.1 Å². The number of carbonyl (C=O) groups is 2. The minimum atomic E-state index is -0.461. The number of aromatic nitrogens is 3. The van der Waals surface area contributed by atoms with E-state index in [-0.39, 0.29) is 17.9 Å². The summed E-state index contributed by atoms with van der Waals surface area (Å²) in [4.78, 5) is 30.7. The zero-order valence-electron chi connectivity index (χ0n) is 16.2. The van der Waals surface area contributed by atoms with Gasteiger partial charge in [0.2, 0.25) is 11.8 Å². The Labute approximate surface area is 159 Å². The number of carbonyl (C=O) groups excluding carboxylic acids is 2. The molecule has 2 aromatic rings. The van der Waals surface area contributed by atoms with Crippen LogP contribution in [0.2, 0.25) is 0 Å². The molecule has 0 unspecified atom stereocenters. The van der Waals surface area contributed by atoms with E-state index >= 15 is 0 Å². The summed E-state index contributed by atoms with van der Waals surface area (Å²) in [7, 11) is 0. The van der Waals surface area contributed by atoms with E-state index in [1.54, 1.807) is 18.6 Å². The smallest absolute Gasteiger partial charge is 0.230 e. The summed E-state index contributed by atoms with van der Waals surface area (Å²) < 4.78 is 1.88. The van der Waals surface area contributed by atoms with Gasteiger partial charge in [0.05, 0.1) is 18.7 Å². The van der Waals surface area contributed by atoms with Crippen molar-refractivity contribution in [3.63, 3.8) is 0 Å². The van der Waals surface area contributed by atoms with E-state index in [2.05, 4.69) is 15.4 Å². The van der Waals surface area contributed by atoms with Gasteiger partial charge in [-0.05, 0) is 24.5 Å². The molecule has 1 saturated heterocycles. The molecule has 1 fully saturated rings. The first kappa shape index (κ1) is 19.1. The second kappa shape index (κ2) is 7.90. The second-order valence-corrected chi connectivity index (χ2v) is 8.02. The molecule has 27 heavy (non-hydrogen) atoms. The number of nitrogens with zero attached hydrogens (tertiary/aromatic N) is 4. The maximum atomic E-state index is 12.5. The highest BCUT2D eigenvalue weighted by Gasteiger charge is 2.27. The van der Waals surface area contributed by atoms with Gasteiger partial charge >= 0.3 is 0 Å². The summed E-state index contributed by atoms with van der Waals surface area (Å²) in [6, 6.07) is 5.77. The monoisotopic (exact) mass is 369 g/mol. The van der Waals surface area contributed by atoms with Crippen molar-refractivity contribution in [2.24, 2.45) is 5.41 Å². The molecule has 0 saturated carbocycles. The van der Waals surface area contributed by atoms with Crippen molar-refractivity contribution < 1.29 is 9.59 Å². The number of hydrogen-bond acceptors (Lipinski definition) is 4. The first-order valence-electron chi connectivity index (χ1n) is 9.36. The van der Waals surface area contributed by atoms with Crippen LogP contribution < -0.4 is 5.32 Å². The summed E-state index contributed by atoms with van der Waals surface area (Å²) in [6.07, 6.45) is 7.17. The molecule has 144 valence electrons. The molecule has 1 aliphatic rings. The quantitative estimate of drug-likeness (QED) is 0.898. The standard InChI is InChI=1S/C20H27N5O2/c1-20(2,3)19(27)23-17-6-10-22-25(17)16-7-11-24(12-8-16)18(26)13-15-5-4-9-21-14-15/h4-6,9-10,14,16H,7-8,11-13H2,1-3H3,(H,23,27). The maximum Gasteiger partial charge on any atom is 0.230 e. The van der Waals surface area contributed by atoms with Crippen molar-refractivity contribution in [2.45, 2.75) is 46.1 Å². The van der Waals surface area contributed by atoms with Gasteiger partial charge in [-0.15, -0.1) is 0 Å². The van der Waals surface area contributed by atoms with Gasteiger partial charge in [-0.1, -0.05) is 26.8 Å². The Balaban J connectivity index is 1.58. The van der Waals surface area contributed by atoms with Crippen LogP contribution in [-0.4, -0.2) is 44.6 Å². The molecule has 3 heterocycles. The minimum Gasteiger partial charge on any atom is -0.342 e. The molecule has 0 aromatic carbocycles. The number of rotatable bonds is 4. The highest BCUT2D eigenvalue weighted by molar-refractivity contribution is 5.93. The van der Waals surface area contributed by atoms with Gasteiger partial charge in [-0.25, -0.2) is 4.68 Å². The van der Waals surface area contributed by atoms with E-state index < -0.39 is 5.41 Å². The van der Waals surface area contributed by atoms with Crippen molar-refractivity contribution in [1.82, 2.24) is 19.7 Å².